The molecule has 4 nitrogen and oxygen atoms in total. The molecule has 3 atom stereocenters. The number of carboxylic acid groups (broad SMARTS) is 1. The van der Waals surface area contributed by atoms with Gasteiger partial charge in [-0.1, -0.05) is 19.1 Å². The number of aryl methyl sites for hydroxylation is 1. The molecule has 2 N–H and O–H groups in total. The van der Waals surface area contributed by atoms with Gasteiger partial charge >= 0.3 is 5.97 Å². The molecule has 0 bridgehead atoms. The van der Waals surface area contributed by atoms with Gasteiger partial charge in [-0.2, -0.15) is 0 Å². The van der Waals surface area contributed by atoms with Gasteiger partial charge in [0.1, 0.15) is 0 Å². The second-order valence-electron chi connectivity index (χ2n) is 5.49. The van der Waals surface area contributed by atoms with Crippen LogP contribution < -0.4 is 5.32 Å². The molecule has 3 unspecified atom stereocenters. The highest BCUT2D eigenvalue weighted by atomic mass is 16.4. The SMILES string of the molecule is Cc1cccc(NC(=O)C2CC(C)CC2C(=O)O)c1. The van der Waals surface area contributed by atoms with Crippen LogP contribution in [0.25, 0.3) is 0 Å². The number of rotatable bonds is 3. The van der Waals surface area contributed by atoms with Crippen LogP contribution in [0.2, 0.25) is 0 Å². The average Bonchev–Trinajstić information content (AvgIpc) is 2.71. The molecule has 0 radical (unpaired) electrons. The number of aliphatic carboxylic acids is 1. The quantitative estimate of drug-likeness (QED) is 0.879. The number of carbonyl (C=O) groups excluding carboxylic acids is 1. The van der Waals surface area contributed by atoms with Crippen LogP contribution in [0.5, 0.6) is 0 Å². The van der Waals surface area contributed by atoms with Gasteiger partial charge in [-0.05, 0) is 43.4 Å². The molecule has 1 aromatic rings. The molecule has 1 fully saturated rings. The van der Waals surface area contributed by atoms with Crippen molar-refractivity contribution in [1.82, 2.24) is 0 Å². The zero-order valence-electron chi connectivity index (χ0n) is 11.2. The van der Waals surface area contributed by atoms with Crippen molar-refractivity contribution in [3.63, 3.8) is 0 Å². The van der Waals surface area contributed by atoms with Crippen LogP contribution in [0.15, 0.2) is 24.3 Å². The van der Waals surface area contributed by atoms with E-state index in [0.717, 1.165) is 11.3 Å². The minimum atomic E-state index is -0.867. The summed E-state index contributed by atoms with van der Waals surface area (Å²) in [5.41, 5.74) is 1.79. The van der Waals surface area contributed by atoms with Gasteiger partial charge < -0.3 is 10.4 Å². The maximum absolute atomic E-state index is 12.2. The third-order valence-electron chi connectivity index (χ3n) is 3.74. The maximum Gasteiger partial charge on any atom is 0.307 e. The summed E-state index contributed by atoms with van der Waals surface area (Å²) in [6, 6.07) is 7.52. The number of amides is 1. The summed E-state index contributed by atoms with van der Waals surface area (Å²) in [6.45, 7) is 3.95. The normalized spacial score (nSPS) is 26.1. The van der Waals surface area contributed by atoms with Gasteiger partial charge in [-0.3, -0.25) is 9.59 Å². The first-order valence-corrected chi connectivity index (χ1v) is 6.57. The Hall–Kier alpha value is -1.84. The van der Waals surface area contributed by atoms with E-state index in [-0.39, 0.29) is 11.8 Å². The average molecular weight is 261 g/mol. The van der Waals surface area contributed by atoms with Crippen molar-refractivity contribution in [2.24, 2.45) is 17.8 Å². The Kier molecular flexibility index (Phi) is 3.88. The Morgan fingerprint density at radius 2 is 1.95 bits per heavy atom. The molecule has 0 aliphatic heterocycles. The fourth-order valence-corrected chi connectivity index (χ4v) is 2.81. The summed E-state index contributed by atoms with van der Waals surface area (Å²) < 4.78 is 0. The zero-order chi connectivity index (χ0) is 14.0. The second-order valence-corrected chi connectivity index (χ2v) is 5.49. The van der Waals surface area contributed by atoms with E-state index in [2.05, 4.69) is 5.32 Å². The molecule has 4 heteroatoms. The molecule has 102 valence electrons. The molecular formula is C15H19NO3. The summed E-state index contributed by atoms with van der Waals surface area (Å²) in [5, 5.41) is 12.0. The highest BCUT2D eigenvalue weighted by Crippen LogP contribution is 2.37. The van der Waals surface area contributed by atoms with Crippen molar-refractivity contribution >= 4 is 17.6 Å². The van der Waals surface area contributed by atoms with E-state index in [1.54, 1.807) is 0 Å². The van der Waals surface area contributed by atoms with Crippen LogP contribution in [0.3, 0.4) is 0 Å². The molecule has 2 rings (SSSR count). The van der Waals surface area contributed by atoms with Crippen LogP contribution in [-0.2, 0) is 9.59 Å². The second kappa shape index (κ2) is 5.43. The lowest BCUT2D eigenvalue weighted by molar-refractivity contribution is -0.145. The number of carboxylic acids is 1. The standard InChI is InChI=1S/C15H19NO3/c1-9-4-3-5-11(6-9)16-14(17)12-7-10(2)8-13(12)15(18)19/h3-6,10,12-13H,7-8H2,1-2H3,(H,16,17)(H,18,19). The number of hydrogen-bond acceptors (Lipinski definition) is 2. The third-order valence-corrected chi connectivity index (χ3v) is 3.74. The van der Waals surface area contributed by atoms with Crippen molar-refractivity contribution in [2.45, 2.75) is 26.7 Å². The lowest BCUT2D eigenvalue weighted by Gasteiger charge is -2.15. The van der Waals surface area contributed by atoms with Crippen LogP contribution in [0, 0.1) is 24.7 Å². The molecular weight excluding hydrogens is 242 g/mol. The molecule has 19 heavy (non-hydrogen) atoms. The predicted octanol–water partition coefficient (Wildman–Crippen LogP) is 2.68. The summed E-state index contributed by atoms with van der Waals surface area (Å²) >= 11 is 0. The van der Waals surface area contributed by atoms with E-state index in [4.69, 9.17) is 0 Å². The van der Waals surface area contributed by atoms with Gasteiger partial charge in [0.05, 0.1) is 11.8 Å². The van der Waals surface area contributed by atoms with Gasteiger partial charge in [0.2, 0.25) is 5.91 Å². The monoisotopic (exact) mass is 261 g/mol. The van der Waals surface area contributed by atoms with Gasteiger partial charge in [-0.25, -0.2) is 0 Å². The molecule has 1 aromatic carbocycles. The van der Waals surface area contributed by atoms with E-state index >= 15 is 0 Å². The van der Waals surface area contributed by atoms with Crippen LogP contribution in [-0.4, -0.2) is 17.0 Å². The van der Waals surface area contributed by atoms with E-state index < -0.39 is 17.8 Å². The summed E-state index contributed by atoms with van der Waals surface area (Å²) in [5.74, 6) is -1.74. The van der Waals surface area contributed by atoms with E-state index in [1.165, 1.54) is 0 Å². The Balaban J connectivity index is 2.09. The zero-order valence-corrected chi connectivity index (χ0v) is 11.2. The maximum atomic E-state index is 12.2. The first kappa shape index (κ1) is 13.6. The largest absolute Gasteiger partial charge is 0.481 e. The Bertz CT molecular complexity index is 498. The predicted molar refractivity (Wildman–Crippen MR) is 72.8 cm³/mol. The van der Waals surface area contributed by atoms with Crippen LogP contribution in [0.4, 0.5) is 5.69 Å². The summed E-state index contributed by atoms with van der Waals surface area (Å²) in [4.78, 5) is 23.4. The van der Waals surface area contributed by atoms with Gasteiger partial charge in [0.15, 0.2) is 0 Å². The van der Waals surface area contributed by atoms with Crippen molar-refractivity contribution in [1.29, 1.82) is 0 Å². The molecule has 1 aliphatic carbocycles. The van der Waals surface area contributed by atoms with Crippen LogP contribution >= 0.6 is 0 Å². The fourth-order valence-electron chi connectivity index (χ4n) is 2.81. The molecule has 1 amide bonds. The smallest absolute Gasteiger partial charge is 0.307 e. The highest BCUT2D eigenvalue weighted by molar-refractivity contribution is 5.95. The van der Waals surface area contributed by atoms with Gasteiger partial charge in [0, 0.05) is 5.69 Å². The number of anilines is 1. The Morgan fingerprint density at radius 3 is 2.58 bits per heavy atom. The Labute approximate surface area is 112 Å². The minimum Gasteiger partial charge on any atom is -0.481 e. The number of carbonyl (C=O) groups is 2. The van der Waals surface area contributed by atoms with Crippen molar-refractivity contribution in [2.75, 3.05) is 5.32 Å². The summed E-state index contributed by atoms with van der Waals surface area (Å²) in [6.07, 6.45) is 1.23. The van der Waals surface area contributed by atoms with Crippen molar-refractivity contribution < 1.29 is 14.7 Å². The van der Waals surface area contributed by atoms with E-state index in [1.807, 2.05) is 38.1 Å². The number of hydrogen-bond donors (Lipinski definition) is 2. The first-order chi connectivity index (χ1) is 8.97. The topological polar surface area (TPSA) is 66.4 Å². The highest BCUT2D eigenvalue weighted by Gasteiger charge is 2.41. The molecule has 0 aromatic heterocycles. The molecule has 0 heterocycles. The van der Waals surface area contributed by atoms with Crippen LogP contribution in [0.1, 0.15) is 25.3 Å². The molecule has 0 spiro atoms. The fraction of sp³-hybridized carbons (Fsp3) is 0.467. The number of nitrogens with one attached hydrogen (secondary N) is 1. The Morgan fingerprint density at radius 1 is 1.26 bits per heavy atom. The van der Waals surface area contributed by atoms with Gasteiger partial charge in [0.25, 0.3) is 0 Å². The van der Waals surface area contributed by atoms with E-state index in [9.17, 15) is 14.7 Å². The van der Waals surface area contributed by atoms with Gasteiger partial charge in [-0.15, -0.1) is 0 Å². The van der Waals surface area contributed by atoms with Crippen molar-refractivity contribution in [3.8, 4) is 0 Å². The first-order valence-electron chi connectivity index (χ1n) is 6.57. The summed E-state index contributed by atoms with van der Waals surface area (Å²) in [7, 11) is 0. The lowest BCUT2D eigenvalue weighted by Crippen LogP contribution is -2.29. The molecule has 1 aliphatic rings. The number of benzene rings is 1. The molecule has 1 saturated carbocycles. The third kappa shape index (κ3) is 3.13. The van der Waals surface area contributed by atoms with Crippen molar-refractivity contribution in [3.05, 3.63) is 29.8 Å². The van der Waals surface area contributed by atoms with E-state index in [0.29, 0.717) is 12.8 Å². The molecule has 0 saturated heterocycles. The minimum absolute atomic E-state index is 0.178. The lowest BCUT2D eigenvalue weighted by atomic mass is 9.95.